The molecule has 0 spiro atoms. The number of halogens is 3. The molecule has 160 valence electrons. The third-order valence-electron chi connectivity index (χ3n) is 4.31. The van der Waals surface area contributed by atoms with Crippen LogP contribution in [0.4, 0.5) is 0 Å². The lowest BCUT2D eigenvalue weighted by molar-refractivity contribution is -0.123. The first-order valence-corrected chi connectivity index (χ1v) is 10.6. The predicted molar refractivity (Wildman–Crippen MR) is 117 cm³/mol. The lowest BCUT2D eigenvalue weighted by Crippen LogP contribution is -2.30. The molecule has 3 rings (SSSR count). The first-order chi connectivity index (χ1) is 14.4. The number of rotatable bonds is 10. The molecule has 0 atom stereocenters. The summed E-state index contributed by atoms with van der Waals surface area (Å²) in [5.74, 6) is 0.538. The molecule has 2 aromatic carbocycles. The van der Waals surface area contributed by atoms with Gasteiger partial charge in [-0.25, -0.2) is 0 Å². The van der Waals surface area contributed by atoms with Crippen molar-refractivity contribution in [3.05, 3.63) is 57.0 Å². The molecule has 30 heavy (non-hydrogen) atoms. The van der Waals surface area contributed by atoms with Gasteiger partial charge in [0.1, 0.15) is 11.5 Å². The van der Waals surface area contributed by atoms with Crippen molar-refractivity contribution in [3.8, 4) is 11.5 Å². The molecule has 0 aromatic heterocycles. The van der Waals surface area contributed by atoms with Crippen LogP contribution in [0.2, 0.25) is 15.1 Å². The van der Waals surface area contributed by atoms with Crippen LogP contribution < -0.4 is 20.1 Å². The highest BCUT2D eigenvalue weighted by atomic mass is 35.5. The average molecular weight is 472 g/mol. The van der Waals surface area contributed by atoms with Gasteiger partial charge in [0.05, 0.1) is 15.1 Å². The van der Waals surface area contributed by atoms with Crippen molar-refractivity contribution >= 4 is 46.6 Å². The Balaban J connectivity index is 1.34. The highest BCUT2D eigenvalue weighted by Crippen LogP contribution is 2.33. The third-order valence-corrected chi connectivity index (χ3v) is 5.32. The monoisotopic (exact) mass is 470 g/mol. The Morgan fingerprint density at radius 1 is 0.900 bits per heavy atom. The number of ether oxygens (including phenoxy) is 2. The van der Waals surface area contributed by atoms with Gasteiger partial charge in [0.2, 0.25) is 0 Å². The van der Waals surface area contributed by atoms with E-state index < -0.39 is 0 Å². The summed E-state index contributed by atoms with van der Waals surface area (Å²) in [4.78, 5) is 23.6. The molecule has 0 saturated heterocycles. The van der Waals surface area contributed by atoms with Gasteiger partial charge in [0.25, 0.3) is 11.8 Å². The number of carbonyl (C=O) groups excluding carboxylic acids is 2. The van der Waals surface area contributed by atoms with Crippen LogP contribution in [0.15, 0.2) is 36.4 Å². The van der Waals surface area contributed by atoms with E-state index in [1.165, 1.54) is 12.1 Å². The van der Waals surface area contributed by atoms with E-state index >= 15 is 0 Å². The largest absolute Gasteiger partial charge is 0.484 e. The van der Waals surface area contributed by atoms with Gasteiger partial charge in [-0.05, 0) is 43.0 Å². The van der Waals surface area contributed by atoms with Crippen LogP contribution in [0.3, 0.4) is 0 Å². The summed E-state index contributed by atoms with van der Waals surface area (Å²) in [5.41, 5.74) is 1.03. The van der Waals surface area contributed by atoms with E-state index in [-0.39, 0.29) is 30.1 Å². The number of nitrogens with one attached hydrogen (secondary N) is 2. The molecule has 0 radical (unpaired) electrons. The molecule has 0 aliphatic heterocycles. The van der Waals surface area contributed by atoms with Crippen molar-refractivity contribution in [1.82, 2.24) is 10.6 Å². The maximum atomic E-state index is 12.0. The fraction of sp³-hybridized carbons (Fsp3) is 0.333. The number of carbonyl (C=O) groups is 2. The fourth-order valence-electron chi connectivity index (χ4n) is 2.55. The maximum Gasteiger partial charge on any atom is 0.258 e. The van der Waals surface area contributed by atoms with Crippen LogP contribution >= 0.6 is 34.8 Å². The Kier molecular flexibility index (Phi) is 8.08. The summed E-state index contributed by atoms with van der Waals surface area (Å²) >= 11 is 17.8. The molecule has 1 aliphatic rings. The maximum absolute atomic E-state index is 12.0. The molecule has 0 heterocycles. The van der Waals surface area contributed by atoms with Crippen LogP contribution in [0.1, 0.15) is 18.4 Å². The Hall–Kier alpha value is -2.15. The molecule has 2 N–H and O–H groups in total. The Labute approximate surface area is 189 Å². The summed E-state index contributed by atoms with van der Waals surface area (Å²) in [7, 11) is 0. The zero-order valence-corrected chi connectivity index (χ0v) is 18.3. The van der Waals surface area contributed by atoms with Gasteiger partial charge in [0.15, 0.2) is 13.2 Å². The lowest BCUT2D eigenvalue weighted by Gasteiger charge is -2.10. The molecule has 9 heteroatoms. The van der Waals surface area contributed by atoms with Crippen LogP contribution in [0.25, 0.3) is 0 Å². The van der Waals surface area contributed by atoms with Crippen molar-refractivity contribution in [1.29, 1.82) is 0 Å². The van der Waals surface area contributed by atoms with Gasteiger partial charge in [0, 0.05) is 18.7 Å². The first kappa shape index (κ1) is 22.5. The Bertz CT molecular complexity index is 902. The average Bonchev–Trinajstić information content (AvgIpc) is 3.53. The van der Waals surface area contributed by atoms with E-state index in [2.05, 4.69) is 10.6 Å². The molecule has 1 fully saturated rings. The number of amides is 2. The molecule has 2 amide bonds. The molecule has 1 aliphatic carbocycles. The van der Waals surface area contributed by atoms with E-state index in [0.717, 1.165) is 18.4 Å². The number of hydrogen-bond acceptors (Lipinski definition) is 4. The quantitative estimate of drug-likeness (QED) is 0.513. The second kappa shape index (κ2) is 10.8. The van der Waals surface area contributed by atoms with Gasteiger partial charge in [-0.3, -0.25) is 9.59 Å². The molecule has 2 aromatic rings. The Morgan fingerprint density at radius 3 is 2.27 bits per heavy atom. The van der Waals surface area contributed by atoms with Gasteiger partial charge in [-0.1, -0.05) is 46.9 Å². The van der Waals surface area contributed by atoms with E-state index in [1.807, 2.05) is 12.1 Å². The smallest absolute Gasteiger partial charge is 0.258 e. The van der Waals surface area contributed by atoms with E-state index in [0.29, 0.717) is 40.6 Å². The highest BCUT2D eigenvalue weighted by molar-refractivity contribution is 6.43. The summed E-state index contributed by atoms with van der Waals surface area (Å²) in [6, 6.07) is 10.7. The van der Waals surface area contributed by atoms with E-state index in [4.69, 9.17) is 44.3 Å². The van der Waals surface area contributed by atoms with Gasteiger partial charge >= 0.3 is 0 Å². The van der Waals surface area contributed by atoms with Crippen molar-refractivity contribution in [2.24, 2.45) is 0 Å². The highest BCUT2D eigenvalue weighted by Gasteiger charge is 2.23. The van der Waals surface area contributed by atoms with Gasteiger partial charge < -0.3 is 20.1 Å². The summed E-state index contributed by atoms with van der Waals surface area (Å²) in [6.07, 6.45) is 2.74. The van der Waals surface area contributed by atoms with Crippen LogP contribution in [-0.2, 0) is 16.0 Å². The standard InChI is InChI=1S/C21H21Cl3N2O4/c22-16-9-18(24)19(10-17(16)23)30-11-20(27)25-8-7-13-1-5-15(6-2-13)29-12-21(28)26-14-3-4-14/h1-2,5-6,9-10,14H,3-4,7-8,11-12H2,(H,25,27)(H,26,28). The third kappa shape index (κ3) is 7.27. The number of hydrogen-bond donors (Lipinski definition) is 2. The minimum absolute atomic E-state index is 0.00868. The summed E-state index contributed by atoms with van der Waals surface area (Å²) < 4.78 is 10.9. The first-order valence-electron chi connectivity index (χ1n) is 9.46. The van der Waals surface area contributed by atoms with Gasteiger partial charge in [-0.15, -0.1) is 0 Å². The topological polar surface area (TPSA) is 76.7 Å². The number of benzene rings is 2. The summed E-state index contributed by atoms with van der Waals surface area (Å²) in [5, 5.41) is 6.54. The second-order valence-electron chi connectivity index (χ2n) is 6.86. The van der Waals surface area contributed by atoms with Gasteiger partial charge in [-0.2, -0.15) is 0 Å². The van der Waals surface area contributed by atoms with E-state index in [9.17, 15) is 9.59 Å². The van der Waals surface area contributed by atoms with Crippen molar-refractivity contribution in [2.75, 3.05) is 19.8 Å². The van der Waals surface area contributed by atoms with Crippen molar-refractivity contribution < 1.29 is 19.1 Å². The molecule has 1 saturated carbocycles. The summed E-state index contributed by atoms with van der Waals surface area (Å²) in [6.45, 7) is 0.267. The SMILES string of the molecule is O=C(COc1cc(Cl)c(Cl)cc1Cl)NCCc1ccc(OCC(=O)NC2CC2)cc1. The Morgan fingerprint density at radius 2 is 1.57 bits per heavy atom. The van der Waals surface area contributed by atoms with Crippen LogP contribution in [0, 0.1) is 0 Å². The predicted octanol–water partition coefficient (Wildman–Crippen LogP) is 4.04. The van der Waals surface area contributed by atoms with Crippen molar-refractivity contribution in [3.63, 3.8) is 0 Å². The molecular formula is C21H21Cl3N2O4. The van der Waals surface area contributed by atoms with Crippen LogP contribution in [-0.4, -0.2) is 37.6 Å². The fourth-order valence-corrected chi connectivity index (χ4v) is 3.15. The zero-order chi connectivity index (χ0) is 21.5. The molecule has 0 unspecified atom stereocenters. The molecule has 6 nitrogen and oxygen atoms in total. The molecular weight excluding hydrogens is 451 g/mol. The van der Waals surface area contributed by atoms with Crippen LogP contribution in [0.5, 0.6) is 11.5 Å². The normalized spacial score (nSPS) is 12.9. The lowest BCUT2D eigenvalue weighted by atomic mass is 10.1. The second-order valence-corrected chi connectivity index (χ2v) is 8.08. The zero-order valence-electron chi connectivity index (χ0n) is 16.1. The van der Waals surface area contributed by atoms with E-state index in [1.54, 1.807) is 12.1 Å². The minimum atomic E-state index is -0.279. The van der Waals surface area contributed by atoms with Crippen molar-refractivity contribution in [2.45, 2.75) is 25.3 Å². The minimum Gasteiger partial charge on any atom is -0.484 e. The molecule has 0 bridgehead atoms.